The number of amides is 1. The van der Waals surface area contributed by atoms with Gasteiger partial charge in [-0.25, -0.2) is 8.42 Å². The molecule has 0 radical (unpaired) electrons. The van der Waals surface area contributed by atoms with Gasteiger partial charge in [-0.3, -0.25) is 9.10 Å². The van der Waals surface area contributed by atoms with Gasteiger partial charge in [0.1, 0.15) is 6.04 Å². The molecule has 2 aromatic carbocycles. The first-order valence-corrected chi connectivity index (χ1v) is 10.0. The highest BCUT2D eigenvalue weighted by Gasteiger charge is 2.31. The number of para-hydroxylation sites is 1. The Morgan fingerprint density at radius 1 is 1.08 bits per heavy atom. The Balaban J connectivity index is 2.36. The number of hydrogen-bond donors (Lipinski definition) is 1. The molecule has 2 aromatic rings. The predicted octanol–water partition coefficient (Wildman–Crippen LogP) is 3.49. The molecule has 134 valence electrons. The molecule has 2 rings (SSSR count). The Kier molecular flexibility index (Phi) is 5.85. The van der Waals surface area contributed by atoms with Crippen LogP contribution in [0.5, 0.6) is 0 Å². The molecule has 0 aliphatic carbocycles. The molecular weight excluding hydrogens is 336 g/mol. The van der Waals surface area contributed by atoms with Crippen LogP contribution in [-0.2, 0) is 14.8 Å². The molecule has 0 bridgehead atoms. The van der Waals surface area contributed by atoms with Gasteiger partial charge in [0.15, 0.2) is 0 Å². The summed E-state index contributed by atoms with van der Waals surface area (Å²) in [5, 5.41) is 2.85. The molecule has 0 saturated heterocycles. The van der Waals surface area contributed by atoms with Gasteiger partial charge in [0.2, 0.25) is 15.9 Å². The Morgan fingerprint density at radius 3 is 2.12 bits per heavy atom. The fraction of sp³-hybridized carbons (Fsp3) is 0.316. The van der Waals surface area contributed by atoms with E-state index < -0.39 is 16.1 Å². The van der Waals surface area contributed by atoms with Crippen molar-refractivity contribution in [3.63, 3.8) is 0 Å². The van der Waals surface area contributed by atoms with Crippen molar-refractivity contribution in [2.24, 2.45) is 0 Å². The van der Waals surface area contributed by atoms with E-state index >= 15 is 0 Å². The first kappa shape index (κ1) is 19.0. The van der Waals surface area contributed by atoms with Gasteiger partial charge in [0.25, 0.3) is 0 Å². The Labute approximate surface area is 149 Å². The molecule has 0 spiro atoms. The summed E-state index contributed by atoms with van der Waals surface area (Å²) >= 11 is 0. The molecule has 0 aliphatic heterocycles. The molecule has 6 heteroatoms. The quantitative estimate of drug-likeness (QED) is 0.857. The lowest BCUT2D eigenvalue weighted by Crippen LogP contribution is -2.47. The first-order chi connectivity index (χ1) is 11.7. The van der Waals surface area contributed by atoms with Gasteiger partial charge in [0.05, 0.1) is 11.9 Å². The summed E-state index contributed by atoms with van der Waals surface area (Å²) in [4.78, 5) is 12.8. The van der Waals surface area contributed by atoms with Crippen molar-refractivity contribution in [3.05, 3.63) is 59.7 Å². The van der Waals surface area contributed by atoms with E-state index in [2.05, 4.69) is 5.32 Å². The van der Waals surface area contributed by atoms with E-state index in [9.17, 15) is 13.2 Å². The monoisotopic (exact) mass is 360 g/mol. The van der Waals surface area contributed by atoms with Crippen LogP contribution >= 0.6 is 0 Å². The zero-order valence-corrected chi connectivity index (χ0v) is 15.8. The summed E-state index contributed by atoms with van der Waals surface area (Å²) in [5.74, 6) is -0.346. The molecule has 25 heavy (non-hydrogen) atoms. The van der Waals surface area contributed by atoms with Crippen molar-refractivity contribution in [1.82, 2.24) is 0 Å². The molecule has 0 aliphatic rings. The van der Waals surface area contributed by atoms with Crippen LogP contribution in [0.1, 0.15) is 24.5 Å². The zero-order valence-electron chi connectivity index (χ0n) is 15.0. The van der Waals surface area contributed by atoms with Crippen LogP contribution in [0, 0.1) is 13.8 Å². The highest BCUT2D eigenvalue weighted by molar-refractivity contribution is 7.92. The van der Waals surface area contributed by atoms with E-state index in [1.165, 1.54) is 4.31 Å². The molecule has 0 aromatic heterocycles. The minimum Gasteiger partial charge on any atom is -0.324 e. The number of rotatable bonds is 6. The minimum atomic E-state index is -3.61. The maximum absolute atomic E-state index is 12.8. The minimum absolute atomic E-state index is 0.346. The third-order valence-electron chi connectivity index (χ3n) is 3.83. The number of benzene rings is 2. The number of nitrogens with zero attached hydrogens (tertiary/aromatic N) is 1. The maximum atomic E-state index is 12.8. The van der Waals surface area contributed by atoms with Gasteiger partial charge in [-0.1, -0.05) is 31.2 Å². The molecule has 1 atom stereocenters. The van der Waals surface area contributed by atoms with Crippen molar-refractivity contribution in [2.75, 3.05) is 15.9 Å². The Hall–Kier alpha value is -2.34. The lowest BCUT2D eigenvalue weighted by atomic mass is 10.1. The van der Waals surface area contributed by atoms with Crippen molar-refractivity contribution < 1.29 is 13.2 Å². The van der Waals surface area contributed by atoms with Gasteiger partial charge < -0.3 is 5.32 Å². The van der Waals surface area contributed by atoms with Gasteiger partial charge in [-0.05, 0) is 55.7 Å². The van der Waals surface area contributed by atoms with Crippen LogP contribution < -0.4 is 9.62 Å². The van der Waals surface area contributed by atoms with Crippen LogP contribution in [0.25, 0.3) is 0 Å². The molecule has 0 heterocycles. The molecular formula is C19H24N2O3S. The van der Waals surface area contributed by atoms with E-state index in [1.54, 1.807) is 37.3 Å². The zero-order chi connectivity index (χ0) is 18.6. The van der Waals surface area contributed by atoms with Crippen molar-refractivity contribution in [3.8, 4) is 0 Å². The second-order valence-electron chi connectivity index (χ2n) is 6.18. The van der Waals surface area contributed by atoms with E-state index in [4.69, 9.17) is 0 Å². The van der Waals surface area contributed by atoms with Crippen LogP contribution in [0.15, 0.2) is 48.5 Å². The van der Waals surface area contributed by atoms with Gasteiger partial charge in [-0.15, -0.1) is 0 Å². The topological polar surface area (TPSA) is 66.5 Å². The fourth-order valence-electron chi connectivity index (χ4n) is 2.91. The lowest BCUT2D eigenvalue weighted by molar-refractivity contribution is -0.117. The van der Waals surface area contributed by atoms with Crippen LogP contribution in [0.3, 0.4) is 0 Å². The average Bonchev–Trinajstić information content (AvgIpc) is 2.50. The summed E-state index contributed by atoms with van der Waals surface area (Å²) in [6.45, 7) is 5.70. The number of carbonyl (C=O) groups excluding carboxylic acids is 1. The molecule has 1 unspecified atom stereocenters. The van der Waals surface area contributed by atoms with Crippen LogP contribution in [0.2, 0.25) is 0 Å². The van der Waals surface area contributed by atoms with Gasteiger partial charge in [-0.2, -0.15) is 0 Å². The largest absolute Gasteiger partial charge is 0.324 e. The summed E-state index contributed by atoms with van der Waals surface area (Å²) in [6.07, 6.45) is 1.48. The summed E-state index contributed by atoms with van der Waals surface area (Å²) < 4.78 is 25.9. The van der Waals surface area contributed by atoms with E-state index in [-0.39, 0.29) is 5.91 Å². The van der Waals surface area contributed by atoms with Crippen molar-refractivity contribution in [2.45, 2.75) is 33.2 Å². The standard InChI is InChI=1S/C19H24N2O3S/c1-5-18(19(22)20-16-12-14(2)11-15(3)13-16)21(25(4,23)24)17-9-7-6-8-10-17/h6-13,18H,5H2,1-4H3,(H,20,22). The molecule has 0 saturated carbocycles. The number of anilines is 2. The van der Waals surface area contributed by atoms with Gasteiger partial charge >= 0.3 is 0 Å². The van der Waals surface area contributed by atoms with E-state index in [0.717, 1.165) is 17.4 Å². The molecule has 1 amide bonds. The summed E-state index contributed by atoms with van der Waals surface area (Å²) in [6, 6.07) is 13.6. The van der Waals surface area contributed by atoms with E-state index in [0.29, 0.717) is 17.8 Å². The number of aryl methyl sites for hydroxylation is 2. The SMILES string of the molecule is CCC(C(=O)Nc1cc(C)cc(C)c1)N(c1ccccc1)S(C)(=O)=O. The highest BCUT2D eigenvalue weighted by Crippen LogP contribution is 2.23. The van der Waals surface area contributed by atoms with Crippen LogP contribution in [0.4, 0.5) is 11.4 Å². The normalized spacial score (nSPS) is 12.5. The van der Waals surface area contributed by atoms with Crippen molar-refractivity contribution >= 4 is 27.3 Å². The van der Waals surface area contributed by atoms with Gasteiger partial charge in [0, 0.05) is 5.69 Å². The number of sulfonamides is 1. The smallest absolute Gasteiger partial charge is 0.248 e. The maximum Gasteiger partial charge on any atom is 0.248 e. The molecule has 0 fully saturated rings. The lowest BCUT2D eigenvalue weighted by Gasteiger charge is -2.30. The van der Waals surface area contributed by atoms with Crippen LogP contribution in [-0.4, -0.2) is 26.6 Å². The van der Waals surface area contributed by atoms with Crippen molar-refractivity contribution in [1.29, 1.82) is 0 Å². The number of hydrogen-bond acceptors (Lipinski definition) is 3. The highest BCUT2D eigenvalue weighted by atomic mass is 32.2. The number of carbonyl (C=O) groups is 1. The second kappa shape index (κ2) is 7.70. The average molecular weight is 360 g/mol. The van der Waals surface area contributed by atoms with E-state index in [1.807, 2.05) is 32.0 Å². The Bertz CT molecular complexity index is 828. The third kappa shape index (κ3) is 4.82. The summed E-state index contributed by atoms with van der Waals surface area (Å²) in [7, 11) is -3.61. The fourth-order valence-corrected chi connectivity index (χ4v) is 4.12. The third-order valence-corrected chi connectivity index (χ3v) is 5.01. The molecule has 1 N–H and O–H groups in total. The Morgan fingerprint density at radius 2 is 1.64 bits per heavy atom. The first-order valence-electron chi connectivity index (χ1n) is 8.16. The second-order valence-corrected chi connectivity index (χ2v) is 8.04. The number of nitrogens with one attached hydrogen (secondary N) is 1. The predicted molar refractivity (Wildman–Crippen MR) is 102 cm³/mol. The molecule has 5 nitrogen and oxygen atoms in total. The summed E-state index contributed by atoms with van der Waals surface area (Å²) in [5.41, 5.74) is 3.22.